The summed E-state index contributed by atoms with van der Waals surface area (Å²) in [6.45, 7) is 13.0. The maximum atomic E-state index is 10.6. The van der Waals surface area contributed by atoms with Crippen LogP contribution in [0.5, 0.6) is 0 Å². The fourth-order valence-corrected chi connectivity index (χ4v) is 6.40. The van der Waals surface area contributed by atoms with E-state index in [4.69, 9.17) is 4.74 Å². The molecular weight excluding hydrogens is 382 g/mol. The second-order valence-electron chi connectivity index (χ2n) is 9.20. The Hall–Kier alpha value is -2.78. The molecular formula is C28H31NO2. The molecule has 0 aromatic heterocycles. The van der Waals surface area contributed by atoms with Gasteiger partial charge >= 0.3 is 0 Å². The van der Waals surface area contributed by atoms with Gasteiger partial charge in [0.2, 0.25) is 0 Å². The minimum absolute atomic E-state index is 0.0561. The smallest absolute Gasteiger partial charge is 0.108 e. The van der Waals surface area contributed by atoms with Crippen LogP contribution in [-0.2, 0) is 10.2 Å². The molecule has 2 atom stereocenters. The largest absolute Gasteiger partial charge is 0.511 e. The minimum Gasteiger partial charge on any atom is -0.511 e. The second kappa shape index (κ2) is 7.42. The van der Waals surface area contributed by atoms with E-state index < -0.39 is 0 Å². The van der Waals surface area contributed by atoms with Crippen molar-refractivity contribution in [2.75, 3.05) is 13.7 Å². The van der Waals surface area contributed by atoms with Crippen LogP contribution in [0.25, 0.3) is 16.5 Å². The summed E-state index contributed by atoms with van der Waals surface area (Å²) in [6.07, 6.45) is 7.34. The molecule has 0 radical (unpaired) electrons. The molecule has 2 aliphatic carbocycles. The van der Waals surface area contributed by atoms with Crippen LogP contribution in [0.2, 0.25) is 0 Å². The summed E-state index contributed by atoms with van der Waals surface area (Å²) in [5.41, 5.74) is 7.23. The van der Waals surface area contributed by atoms with Crippen molar-refractivity contribution < 1.29 is 9.84 Å². The molecule has 2 unspecified atom stereocenters. The molecule has 1 saturated carbocycles. The van der Waals surface area contributed by atoms with Crippen molar-refractivity contribution in [3.63, 3.8) is 0 Å². The number of ether oxygens (including phenoxy) is 1. The van der Waals surface area contributed by atoms with Crippen LogP contribution < -0.4 is 5.32 Å². The number of nitrogens with one attached hydrogen (secondary N) is 1. The molecule has 1 spiro atoms. The molecule has 1 aliphatic heterocycles. The highest BCUT2D eigenvalue weighted by Crippen LogP contribution is 2.58. The molecule has 0 bridgehead atoms. The molecule has 1 fully saturated rings. The van der Waals surface area contributed by atoms with E-state index in [2.05, 4.69) is 55.4 Å². The predicted molar refractivity (Wildman–Crippen MR) is 128 cm³/mol. The highest BCUT2D eigenvalue weighted by molar-refractivity contribution is 6.03. The topological polar surface area (TPSA) is 41.5 Å². The van der Waals surface area contributed by atoms with Gasteiger partial charge in [-0.15, -0.1) is 0 Å². The van der Waals surface area contributed by atoms with Crippen LogP contribution in [0.3, 0.4) is 0 Å². The Morgan fingerprint density at radius 3 is 2.68 bits per heavy atom. The van der Waals surface area contributed by atoms with Crippen LogP contribution in [-0.4, -0.2) is 24.9 Å². The average Bonchev–Trinajstić information content (AvgIpc) is 3.26. The lowest BCUT2D eigenvalue weighted by Gasteiger charge is -2.46. The van der Waals surface area contributed by atoms with E-state index in [-0.39, 0.29) is 23.1 Å². The third-order valence-electron chi connectivity index (χ3n) is 7.69. The minimum atomic E-state index is -0.258. The highest BCUT2D eigenvalue weighted by atomic mass is 16.5. The second-order valence-corrected chi connectivity index (χ2v) is 9.20. The molecule has 2 aromatic rings. The molecule has 2 N–H and O–H groups in total. The number of aliphatic hydroxyl groups excluding tert-OH is 1. The van der Waals surface area contributed by atoms with E-state index in [1.165, 1.54) is 45.9 Å². The lowest BCUT2D eigenvalue weighted by atomic mass is 9.62. The molecule has 3 aliphatic rings. The van der Waals surface area contributed by atoms with E-state index in [0.29, 0.717) is 6.61 Å². The van der Waals surface area contributed by atoms with Gasteiger partial charge in [-0.25, -0.2) is 0 Å². The van der Waals surface area contributed by atoms with Crippen molar-refractivity contribution in [1.29, 1.82) is 0 Å². The average molecular weight is 414 g/mol. The van der Waals surface area contributed by atoms with E-state index in [0.717, 1.165) is 30.5 Å². The molecule has 160 valence electrons. The highest BCUT2D eigenvalue weighted by Gasteiger charge is 2.48. The fraction of sp³-hybridized carbons (Fsp3) is 0.357. The van der Waals surface area contributed by atoms with Crippen LogP contribution in [0.4, 0.5) is 0 Å². The Balaban J connectivity index is 1.89. The Kier molecular flexibility index (Phi) is 4.82. The van der Waals surface area contributed by atoms with E-state index >= 15 is 0 Å². The van der Waals surface area contributed by atoms with Gasteiger partial charge in [0.25, 0.3) is 0 Å². The van der Waals surface area contributed by atoms with Gasteiger partial charge in [-0.05, 0) is 52.3 Å². The lowest BCUT2D eigenvalue weighted by molar-refractivity contribution is 0.179. The van der Waals surface area contributed by atoms with Gasteiger partial charge in [0.1, 0.15) is 5.76 Å². The summed E-state index contributed by atoms with van der Waals surface area (Å²) in [4.78, 5) is 0. The van der Waals surface area contributed by atoms with Crippen molar-refractivity contribution in [3.8, 4) is 0 Å². The van der Waals surface area contributed by atoms with Gasteiger partial charge in [-0.3, -0.25) is 0 Å². The van der Waals surface area contributed by atoms with Crippen LogP contribution in [0, 0.1) is 0 Å². The SMILES string of the molecule is C=CC(=C)C1=C2NC(C(=C)O)C(CCOC)c3ccc4cccc(c4c32)C12CCCC2. The Morgan fingerprint density at radius 2 is 2.00 bits per heavy atom. The number of methoxy groups -OCH3 is 1. The third kappa shape index (κ3) is 2.76. The van der Waals surface area contributed by atoms with Crippen molar-refractivity contribution in [2.24, 2.45) is 0 Å². The zero-order valence-electron chi connectivity index (χ0n) is 18.3. The summed E-state index contributed by atoms with van der Waals surface area (Å²) in [5.74, 6) is 0.256. The molecule has 0 amide bonds. The summed E-state index contributed by atoms with van der Waals surface area (Å²) >= 11 is 0. The standard InChI is InChI=1S/C28H31NO2/c1-5-17(2)25-27-24-20(21(13-16-31-4)26(29-27)18(3)30)12-11-19-9-8-10-22(23(19)24)28(25)14-6-7-15-28/h5,8-12,21,26,29-30H,1-3,6-7,13-16H2,4H3. The summed E-state index contributed by atoms with van der Waals surface area (Å²) in [6, 6.07) is 11.0. The zero-order chi connectivity index (χ0) is 21.8. The van der Waals surface area contributed by atoms with E-state index in [9.17, 15) is 5.11 Å². The molecule has 31 heavy (non-hydrogen) atoms. The van der Waals surface area contributed by atoms with Gasteiger partial charge in [0.15, 0.2) is 0 Å². The van der Waals surface area contributed by atoms with Gasteiger partial charge in [0, 0.05) is 36.3 Å². The number of benzene rings is 2. The summed E-state index contributed by atoms with van der Waals surface area (Å²) in [7, 11) is 1.73. The molecule has 2 aromatic carbocycles. The van der Waals surface area contributed by atoms with Gasteiger partial charge in [-0.1, -0.05) is 69.0 Å². The monoisotopic (exact) mass is 413 g/mol. The van der Waals surface area contributed by atoms with Crippen molar-refractivity contribution in [2.45, 2.75) is 49.5 Å². The van der Waals surface area contributed by atoms with Gasteiger partial charge < -0.3 is 15.2 Å². The molecule has 3 nitrogen and oxygen atoms in total. The van der Waals surface area contributed by atoms with Crippen LogP contribution in [0.1, 0.15) is 54.7 Å². The van der Waals surface area contributed by atoms with Crippen LogP contribution >= 0.6 is 0 Å². The number of hydrogen-bond acceptors (Lipinski definition) is 3. The number of aliphatic hydroxyl groups is 1. The molecule has 1 heterocycles. The van der Waals surface area contributed by atoms with Crippen molar-refractivity contribution in [3.05, 3.63) is 89.7 Å². The van der Waals surface area contributed by atoms with Crippen molar-refractivity contribution in [1.82, 2.24) is 5.32 Å². The van der Waals surface area contributed by atoms with E-state index in [1.807, 2.05) is 6.08 Å². The first-order chi connectivity index (χ1) is 15.0. The maximum absolute atomic E-state index is 10.6. The number of allylic oxidation sites excluding steroid dienone is 3. The predicted octanol–water partition coefficient (Wildman–Crippen LogP) is 6.28. The first-order valence-electron chi connectivity index (χ1n) is 11.3. The molecule has 0 saturated heterocycles. The Bertz CT molecular complexity index is 1130. The molecule has 3 heteroatoms. The van der Waals surface area contributed by atoms with Crippen molar-refractivity contribution >= 4 is 16.5 Å². The zero-order valence-corrected chi connectivity index (χ0v) is 18.3. The quantitative estimate of drug-likeness (QED) is 0.432. The summed E-state index contributed by atoms with van der Waals surface area (Å²) < 4.78 is 5.41. The first-order valence-corrected chi connectivity index (χ1v) is 11.3. The van der Waals surface area contributed by atoms with Crippen LogP contribution in [0.15, 0.2) is 73.1 Å². The Morgan fingerprint density at radius 1 is 1.23 bits per heavy atom. The fourth-order valence-electron chi connectivity index (χ4n) is 6.40. The van der Waals surface area contributed by atoms with Gasteiger partial charge in [-0.2, -0.15) is 0 Å². The third-order valence-corrected chi connectivity index (χ3v) is 7.69. The summed E-state index contributed by atoms with van der Waals surface area (Å²) in [5, 5.41) is 17.0. The Labute approximate surface area is 184 Å². The normalized spacial score (nSPS) is 23.1. The first kappa shape index (κ1) is 20.1. The molecule has 5 rings (SSSR count). The maximum Gasteiger partial charge on any atom is 0.108 e. The number of fused-ring (bicyclic) bond motifs is 1. The van der Waals surface area contributed by atoms with E-state index in [1.54, 1.807) is 7.11 Å². The number of rotatable bonds is 6. The number of hydrogen-bond donors (Lipinski definition) is 2. The van der Waals surface area contributed by atoms with Gasteiger partial charge in [0.05, 0.1) is 6.04 Å². The lowest BCUT2D eigenvalue weighted by Crippen LogP contribution is -2.44.